The highest BCUT2D eigenvalue weighted by Gasteiger charge is 1.74. The Hall–Kier alpha value is -0.560. The molecule has 0 atom stereocenters. The van der Waals surface area contributed by atoms with Gasteiger partial charge in [-0.15, -0.1) is 0 Å². The van der Waals surface area contributed by atoms with Gasteiger partial charge in [-0.25, -0.2) is 4.99 Å². The zero-order chi connectivity index (χ0) is 5.70. The molecule has 7 heavy (non-hydrogen) atoms. The Kier molecular flexibility index (Phi) is 3.33. The van der Waals surface area contributed by atoms with Crippen LogP contribution in [0.3, 0.4) is 0 Å². The van der Waals surface area contributed by atoms with Crippen molar-refractivity contribution in [3.05, 3.63) is 25.4 Å². The largest absolute Gasteiger partial charge is 0.245 e. The molecule has 0 aliphatic rings. The van der Waals surface area contributed by atoms with Gasteiger partial charge in [-0.2, -0.15) is 0 Å². The molecule has 0 unspecified atom stereocenters. The maximum absolute atomic E-state index is 5.33. The van der Waals surface area contributed by atoms with Crippen molar-refractivity contribution in [2.24, 2.45) is 4.99 Å². The first-order chi connectivity index (χ1) is 3.31. The molecule has 0 heterocycles. The summed E-state index contributed by atoms with van der Waals surface area (Å²) >= 11 is 5.33. The topological polar surface area (TPSA) is 12.4 Å². The van der Waals surface area contributed by atoms with Gasteiger partial charge in [-0.3, -0.25) is 0 Å². The van der Waals surface area contributed by atoms with Crippen LogP contribution in [-0.2, 0) is 0 Å². The van der Waals surface area contributed by atoms with Crippen LogP contribution in [0.2, 0.25) is 0 Å². The van der Waals surface area contributed by atoms with Crippen LogP contribution < -0.4 is 0 Å². The molecule has 0 aliphatic heterocycles. The van der Waals surface area contributed by atoms with Gasteiger partial charge in [0.2, 0.25) is 0 Å². The third kappa shape index (κ3) is 3.27. The highest BCUT2D eigenvalue weighted by Crippen LogP contribution is 1.84. The second kappa shape index (κ2) is 3.62. The molecule has 0 radical (unpaired) electrons. The van der Waals surface area contributed by atoms with Gasteiger partial charge in [0.15, 0.2) is 0 Å². The number of nitrogens with zero attached hydrogens (tertiary/aromatic N) is 1. The maximum Gasteiger partial charge on any atom is 0.128 e. The molecule has 0 N–H and O–H groups in total. The lowest BCUT2D eigenvalue weighted by Crippen LogP contribution is -1.71. The third-order valence-corrected chi connectivity index (χ3v) is 0.635. The lowest BCUT2D eigenvalue weighted by molar-refractivity contribution is 1.62. The van der Waals surface area contributed by atoms with E-state index in [1.165, 1.54) is 12.3 Å². The summed E-state index contributed by atoms with van der Waals surface area (Å²) < 4.78 is 0. The Labute approximate surface area is 48.0 Å². The van der Waals surface area contributed by atoms with Gasteiger partial charge in [0.1, 0.15) is 5.17 Å². The van der Waals surface area contributed by atoms with Crippen molar-refractivity contribution < 1.29 is 0 Å². The van der Waals surface area contributed by atoms with Crippen LogP contribution in [0, 0.1) is 0 Å². The number of hydrogen-bond donors (Lipinski definition) is 0. The quantitative estimate of drug-likeness (QED) is 0.488. The number of allylic oxidation sites excluding steroid dienone is 1. The molecule has 2 heteroatoms. The van der Waals surface area contributed by atoms with Crippen molar-refractivity contribution in [2.45, 2.75) is 0 Å². The molecule has 0 amide bonds. The fourth-order valence-corrected chi connectivity index (χ4v) is 0.209. The molecule has 1 nitrogen and oxygen atoms in total. The lowest BCUT2D eigenvalue weighted by atomic mass is 10.7. The Morgan fingerprint density at radius 1 is 1.57 bits per heavy atom. The van der Waals surface area contributed by atoms with Crippen molar-refractivity contribution in [3.63, 3.8) is 0 Å². The summed E-state index contributed by atoms with van der Waals surface area (Å²) in [7, 11) is 0. The Morgan fingerprint density at radius 3 is 2.29 bits per heavy atom. The summed E-state index contributed by atoms with van der Waals surface area (Å²) in [5.74, 6) is 0. The predicted octanol–water partition coefficient (Wildman–Crippen LogP) is 1.95. The van der Waals surface area contributed by atoms with Crippen LogP contribution in [0.25, 0.3) is 0 Å². The van der Waals surface area contributed by atoms with Crippen molar-refractivity contribution in [1.82, 2.24) is 0 Å². The highest BCUT2D eigenvalue weighted by molar-refractivity contribution is 6.68. The fraction of sp³-hybridized carbons (Fsp3) is 0. The summed E-state index contributed by atoms with van der Waals surface area (Å²) in [5, 5.41) is 0.370. The van der Waals surface area contributed by atoms with Crippen molar-refractivity contribution in [3.8, 4) is 0 Å². The Morgan fingerprint density at radius 2 is 2.14 bits per heavy atom. The normalized spacial score (nSPS) is 10.7. The van der Waals surface area contributed by atoms with Crippen LogP contribution in [0.1, 0.15) is 0 Å². The second-order valence-corrected chi connectivity index (χ2v) is 1.23. The van der Waals surface area contributed by atoms with E-state index in [9.17, 15) is 0 Å². The average molecular weight is 116 g/mol. The van der Waals surface area contributed by atoms with E-state index in [0.29, 0.717) is 5.17 Å². The zero-order valence-electron chi connectivity index (χ0n) is 3.89. The van der Waals surface area contributed by atoms with Gasteiger partial charge in [0.05, 0.1) is 0 Å². The first kappa shape index (κ1) is 6.44. The second-order valence-electron chi connectivity index (χ2n) is 0.839. The van der Waals surface area contributed by atoms with Crippen LogP contribution >= 0.6 is 11.6 Å². The first-order valence-corrected chi connectivity index (χ1v) is 2.15. The van der Waals surface area contributed by atoms with E-state index in [1.54, 1.807) is 0 Å². The average Bonchev–Trinajstić information content (AvgIpc) is 1.68. The van der Waals surface area contributed by atoms with E-state index >= 15 is 0 Å². The van der Waals surface area contributed by atoms with Crippen molar-refractivity contribution in [1.29, 1.82) is 0 Å². The molecule has 0 spiro atoms. The molecule has 0 aromatic rings. The monoisotopic (exact) mass is 115 g/mol. The summed E-state index contributed by atoms with van der Waals surface area (Å²) in [5.41, 5.74) is 0. The van der Waals surface area contributed by atoms with Crippen LogP contribution in [-0.4, -0.2) is 5.17 Å². The van der Waals surface area contributed by atoms with E-state index in [-0.39, 0.29) is 0 Å². The summed E-state index contributed by atoms with van der Waals surface area (Å²) in [4.78, 5) is 3.57. The SMILES string of the molecule is C=C/N=C(/Cl)C=C. The minimum Gasteiger partial charge on any atom is -0.245 e. The minimum atomic E-state index is 0.370. The molecule has 0 bridgehead atoms. The van der Waals surface area contributed by atoms with Gasteiger partial charge < -0.3 is 0 Å². The highest BCUT2D eigenvalue weighted by atomic mass is 35.5. The molecule has 0 aromatic carbocycles. The molecular weight excluding hydrogens is 110 g/mol. The van der Waals surface area contributed by atoms with Gasteiger partial charge in [-0.1, -0.05) is 24.8 Å². The minimum absolute atomic E-state index is 0.370. The van der Waals surface area contributed by atoms with E-state index in [2.05, 4.69) is 18.2 Å². The number of aliphatic imine (C=N–C) groups is 1. The zero-order valence-corrected chi connectivity index (χ0v) is 4.65. The smallest absolute Gasteiger partial charge is 0.128 e. The van der Waals surface area contributed by atoms with Crippen LogP contribution in [0.4, 0.5) is 0 Å². The van der Waals surface area contributed by atoms with Gasteiger partial charge >= 0.3 is 0 Å². The lowest BCUT2D eigenvalue weighted by Gasteiger charge is -1.76. The van der Waals surface area contributed by atoms with E-state index < -0.39 is 0 Å². The molecule has 0 saturated carbocycles. The number of rotatable bonds is 2. The van der Waals surface area contributed by atoms with Gasteiger partial charge in [0, 0.05) is 6.20 Å². The molecular formula is C5H6ClN. The van der Waals surface area contributed by atoms with Crippen LogP contribution in [0.5, 0.6) is 0 Å². The maximum atomic E-state index is 5.33. The van der Waals surface area contributed by atoms with Gasteiger partial charge in [-0.05, 0) is 6.08 Å². The summed E-state index contributed by atoms with van der Waals surface area (Å²) in [6, 6.07) is 0. The fourth-order valence-electron chi connectivity index (χ4n) is 0.140. The van der Waals surface area contributed by atoms with Gasteiger partial charge in [0.25, 0.3) is 0 Å². The molecule has 0 aliphatic carbocycles. The molecule has 0 fully saturated rings. The van der Waals surface area contributed by atoms with E-state index in [0.717, 1.165) is 0 Å². The summed E-state index contributed by atoms with van der Waals surface area (Å²) in [6.45, 7) is 6.70. The number of halogens is 1. The molecule has 0 saturated heterocycles. The molecule has 0 rings (SSSR count). The van der Waals surface area contributed by atoms with E-state index in [1.807, 2.05) is 0 Å². The number of hydrogen-bond acceptors (Lipinski definition) is 1. The Balaban J connectivity index is 3.72. The van der Waals surface area contributed by atoms with Crippen LogP contribution in [0.15, 0.2) is 30.4 Å². The van der Waals surface area contributed by atoms with Crippen molar-refractivity contribution >= 4 is 16.8 Å². The Bertz CT molecular complexity index is 105. The standard InChI is InChI=1S/C5H6ClN/c1-3-5(6)7-4-2/h3-4H,1-2H2/b7-5+. The third-order valence-electron chi connectivity index (χ3n) is 0.383. The predicted molar refractivity (Wildman–Crippen MR) is 33.7 cm³/mol. The first-order valence-electron chi connectivity index (χ1n) is 1.78. The van der Waals surface area contributed by atoms with E-state index in [4.69, 9.17) is 11.6 Å². The molecule has 38 valence electrons. The summed E-state index contributed by atoms with van der Waals surface area (Å²) in [6.07, 6.45) is 2.81. The molecule has 0 aromatic heterocycles. The van der Waals surface area contributed by atoms with Crippen molar-refractivity contribution in [2.75, 3.05) is 0 Å².